The van der Waals surface area contributed by atoms with Crippen LogP contribution < -0.4 is 0 Å². The quantitative estimate of drug-likeness (QED) is 0.919. The molecule has 0 spiro atoms. The molecule has 0 radical (unpaired) electrons. The SMILES string of the molecule is CCC(C)N(CC(=O)O)C(=O)c1csc2cc(C)ccc12. The second-order valence-electron chi connectivity index (χ2n) is 5.23. The third-order valence-corrected chi connectivity index (χ3v) is 4.60. The maximum Gasteiger partial charge on any atom is 0.323 e. The summed E-state index contributed by atoms with van der Waals surface area (Å²) >= 11 is 1.52. The summed E-state index contributed by atoms with van der Waals surface area (Å²) < 4.78 is 1.05. The van der Waals surface area contributed by atoms with E-state index in [-0.39, 0.29) is 18.5 Å². The fraction of sp³-hybridized carbons (Fsp3) is 0.375. The van der Waals surface area contributed by atoms with Crippen LogP contribution in [0.3, 0.4) is 0 Å². The smallest absolute Gasteiger partial charge is 0.323 e. The molecule has 0 aliphatic heterocycles. The number of carbonyl (C=O) groups is 2. The third kappa shape index (κ3) is 3.24. The van der Waals surface area contributed by atoms with E-state index in [0.717, 1.165) is 22.1 Å². The van der Waals surface area contributed by atoms with E-state index >= 15 is 0 Å². The van der Waals surface area contributed by atoms with E-state index < -0.39 is 5.97 Å². The highest BCUT2D eigenvalue weighted by Crippen LogP contribution is 2.28. The molecule has 0 saturated carbocycles. The van der Waals surface area contributed by atoms with Gasteiger partial charge in [0.2, 0.25) is 0 Å². The molecule has 1 N–H and O–H groups in total. The summed E-state index contributed by atoms with van der Waals surface area (Å²) in [6.45, 7) is 5.56. The molecule has 0 bridgehead atoms. The van der Waals surface area contributed by atoms with Crippen molar-refractivity contribution in [2.75, 3.05) is 6.54 Å². The number of aliphatic carboxylic acids is 1. The first kappa shape index (κ1) is 15.5. The Bertz CT molecular complexity index is 677. The fourth-order valence-corrected chi connectivity index (χ4v) is 3.28. The zero-order chi connectivity index (χ0) is 15.6. The maximum atomic E-state index is 12.7. The Morgan fingerprint density at radius 2 is 2.10 bits per heavy atom. The third-order valence-electron chi connectivity index (χ3n) is 3.65. The van der Waals surface area contributed by atoms with Gasteiger partial charge in [-0.15, -0.1) is 11.3 Å². The van der Waals surface area contributed by atoms with Crippen LogP contribution >= 0.6 is 11.3 Å². The van der Waals surface area contributed by atoms with E-state index in [1.165, 1.54) is 16.2 Å². The van der Waals surface area contributed by atoms with Crippen LogP contribution in [0.15, 0.2) is 23.6 Å². The van der Waals surface area contributed by atoms with Crippen molar-refractivity contribution in [2.45, 2.75) is 33.2 Å². The van der Waals surface area contributed by atoms with Crippen LogP contribution in [0.1, 0.15) is 36.2 Å². The topological polar surface area (TPSA) is 57.6 Å². The number of carbonyl (C=O) groups excluding carboxylic acids is 1. The van der Waals surface area contributed by atoms with Gasteiger partial charge in [-0.25, -0.2) is 0 Å². The second kappa shape index (κ2) is 6.26. The first-order valence-corrected chi connectivity index (χ1v) is 7.82. The number of carboxylic acid groups (broad SMARTS) is 1. The van der Waals surface area contributed by atoms with Crippen molar-refractivity contribution in [2.24, 2.45) is 0 Å². The summed E-state index contributed by atoms with van der Waals surface area (Å²) in [7, 11) is 0. The Morgan fingerprint density at radius 3 is 2.71 bits per heavy atom. The number of rotatable bonds is 5. The Kier molecular flexibility index (Phi) is 4.63. The number of amides is 1. The minimum atomic E-state index is -0.987. The first-order valence-electron chi connectivity index (χ1n) is 6.94. The summed E-state index contributed by atoms with van der Waals surface area (Å²) in [5.41, 5.74) is 1.74. The molecule has 2 rings (SSSR count). The normalized spacial score (nSPS) is 12.3. The van der Waals surface area contributed by atoms with E-state index in [2.05, 4.69) is 0 Å². The molecule has 1 aromatic carbocycles. The van der Waals surface area contributed by atoms with Crippen LogP contribution in [0.5, 0.6) is 0 Å². The summed E-state index contributed by atoms with van der Waals surface area (Å²) in [5.74, 6) is -1.19. The van der Waals surface area contributed by atoms with Gasteiger partial charge >= 0.3 is 5.97 Å². The van der Waals surface area contributed by atoms with Crippen LogP contribution in [0, 0.1) is 6.92 Å². The average Bonchev–Trinajstić information content (AvgIpc) is 2.85. The van der Waals surface area contributed by atoms with E-state index in [9.17, 15) is 9.59 Å². The van der Waals surface area contributed by atoms with Gasteiger partial charge in [0.25, 0.3) is 5.91 Å². The van der Waals surface area contributed by atoms with Gasteiger partial charge in [-0.1, -0.05) is 19.1 Å². The van der Waals surface area contributed by atoms with Gasteiger partial charge in [-0.05, 0) is 31.9 Å². The first-order chi connectivity index (χ1) is 9.93. The van der Waals surface area contributed by atoms with Gasteiger partial charge in [-0.2, -0.15) is 0 Å². The molecule has 1 heterocycles. The molecule has 112 valence electrons. The molecule has 1 amide bonds. The molecule has 4 nitrogen and oxygen atoms in total. The minimum Gasteiger partial charge on any atom is -0.480 e. The van der Waals surface area contributed by atoms with Crippen LogP contribution in [0.2, 0.25) is 0 Å². The van der Waals surface area contributed by atoms with E-state index in [0.29, 0.717) is 5.56 Å². The van der Waals surface area contributed by atoms with Crippen molar-refractivity contribution >= 4 is 33.3 Å². The molecular formula is C16H19NO3S. The zero-order valence-electron chi connectivity index (χ0n) is 12.4. The van der Waals surface area contributed by atoms with Gasteiger partial charge in [0.15, 0.2) is 0 Å². The van der Waals surface area contributed by atoms with E-state index in [1.807, 2.05) is 44.4 Å². The largest absolute Gasteiger partial charge is 0.480 e. The molecule has 1 unspecified atom stereocenters. The lowest BCUT2D eigenvalue weighted by atomic mass is 10.1. The zero-order valence-corrected chi connectivity index (χ0v) is 13.2. The number of benzene rings is 1. The molecule has 1 aromatic heterocycles. The Hall–Kier alpha value is -1.88. The lowest BCUT2D eigenvalue weighted by Crippen LogP contribution is -2.41. The highest BCUT2D eigenvalue weighted by atomic mass is 32.1. The maximum absolute atomic E-state index is 12.7. The standard InChI is InChI=1S/C16H19NO3S/c1-4-11(3)17(8-15(18)19)16(20)13-9-21-14-7-10(2)5-6-12(13)14/h5-7,9,11H,4,8H2,1-3H3,(H,18,19). The van der Waals surface area contributed by atoms with Crippen molar-refractivity contribution in [3.05, 3.63) is 34.7 Å². The van der Waals surface area contributed by atoms with Gasteiger partial charge in [0.05, 0.1) is 5.56 Å². The van der Waals surface area contributed by atoms with Crippen molar-refractivity contribution < 1.29 is 14.7 Å². The lowest BCUT2D eigenvalue weighted by Gasteiger charge is -2.26. The molecule has 0 fully saturated rings. The Morgan fingerprint density at radius 1 is 1.38 bits per heavy atom. The number of hydrogen-bond donors (Lipinski definition) is 1. The van der Waals surface area contributed by atoms with Crippen LogP contribution in [0.25, 0.3) is 10.1 Å². The fourth-order valence-electron chi connectivity index (χ4n) is 2.25. The van der Waals surface area contributed by atoms with Gasteiger partial charge in [0.1, 0.15) is 6.54 Å². The van der Waals surface area contributed by atoms with Crippen LogP contribution in [0.4, 0.5) is 0 Å². The van der Waals surface area contributed by atoms with Crippen molar-refractivity contribution in [1.29, 1.82) is 0 Å². The molecule has 5 heteroatoms. The van der Waals surface area contributed by atoms with Crippen LogP contribution in [-0.4, -0.2) is 34.5 Å². The summed E-state index contributed by atoms with van der Waals surface area (Å²) in [6, 6.07) is 5.84. The Labute approximate surface area is 128 Å². The van der Waals surface area contributed by atoms with Crippen molar-refractivity contribution in [1.82, 2.24) is 4.90 Å². The molecule has 21 heavy (non-hydrogen) atoms. The molecule has 2 aromatic rings. The Balaban J connectivity index is 2.40. The highest BCUT2D eigenvalue weighted by molar-refractivity contribution is 7.17. The summed E-state index contributed by atoms with van der Waals surface area (Å²) in [6.07, 6.45) is 0.722. The highest BCUT2D eigenvalue weighted by Gasteiger charge is 2.24. The van der Waals surface area contributed by atoms with E-state index in [4.69, 9.17) is 5.11 Å². The number of carboxylic acids is 1. The lowest BCUT2D eigenvalue weighted by molar-refractivity contribution is -0.138. The summed E-state index contributed by atoms with van der Waals surface area (Å²) in [4.78, 5) is 25.2. The summed E-state index contributed by atoms with van der Waals surface area (Å²) in [5, 5.41) is 11.8. The molecule has 1 atom stereocenters. The van der Waals surface area contributed by atoms with E-state index in [1.54, 1.807) is 0 Å². The van der Waals surface area contributed by atoms with Crippen molar-refractivity contribution in [3.8, 4) is 0 Å². The molecule has 0 saturated heterocycles. The minimum absolute atomic E-state index is 0.103. The molecule has 0 aliphatic carbocycles. The average molecular weight is 305 g/mol. The van der Waals surface area contributed by atoms with Crippen molar-refractivity contribution in [3.63, 3.8) is 0 Å². The number of thiophene rings is 1. The monoisotopic (exact) mass is 305 g/mol. The predicted octanol–water partition coefficient (Wildman–Crippen LogP) is 3.54. The van der Waals surface area contributed by atoms with Crippen LogP contribution in [-0.2, 0) is 4.79 Å². The number of aryl methyl sites for hydroxylation is 1. The number of hydrogen-bond acceptors (Lipinski definition) is 3. The molecular weight excluding hydrogens is 286 g/mol. The van der Waals surface area contributed by atoms with Gasteiger partial charge in [0, 0.05) is 21.5 Å². The number of fused-ring (bicyclic) bond motifs is 1. The van der Waals surface area contributed by atoms with Gasteiger partial charge in [-0.3, -0.25) is 9.59 Å². The second-order valence-corrected chi connectivity index (χ2v) is 6.14. The number of nitrogens with zero attached hydrogens (tertiary/aromatic N) is 1. The predicted molar refractivity (Wildman–Crippen MR) is 85.0 cm³/mol. The molecule has 0 aliphatic rings. The van der Waals surface area contributed by atoms with Gasteiger partial charge < -0.3 is 10.0 Å².